The molecule has 116 valence electrons. The summed E-state index contributed by atoms with van der Waals surface area (Å²) < 4.78 is 0. The third-order valence-corrected chi connectivity index (χ3v) is 11.1. The maximum absolute atomic E-state index is 2.46. The monoisotopic (exact) mass is 308 g/mol. The molecule has 0 N–H and O–H groups in total. The van der Waals surface area contributed by atoms with Gasteiger partial charge < -0.3 is 0 Å². The van der Waals surface area contributed by atoms with Crippen LogP contribution in [0.15, 0.2) is 36.4 Å². The zero-order valence-corrected chi connectivity index (χ0v) is 15.5. The Kier molecular flexibility index (Phi) is 4.27. The summed E-state index contributed by atoms with van der Waals surface area (Å²) in [6, 6.07) is 17.2. The minimum absolute atomic E-state index is 1.39. The van der Waals surface area contributed by atoms with E-state index in [2.05, 4.69) is 64.1 Å². The van der Waals surface area contributed by atoms with E-state index in [1.54, 1.807) is 10.4 Å². The predicted octanol–water partition coefficient (Wildman–Crippen LogP) is 4.67. The molecule has 0 atom stereocenters. The van der Waals surface area contributed by atoms with Gasteiger partial charge in [0, 0.05) is 0 Å². The number of aryl methyl sites for hydroxylation is 4. The van der Waals surface area contributed by atoms with Crippen molar-refractivity contribution in [1.82, 2.24) is 0 Å². The Labute approximate surface area is 136 Å². The fourth-order valence-corrected chi connectivity index (χ4v) is 10.3. The van der Waals surface area contributed by atoms with Crippen LogP contribution in [0.25, 0.3) is 0 Å². The van der Waals surface area contributed by atoms with E-state index in [0.717, 1.165) is 0 Å². The number of benzene rings is 2. The van der Waals surface area contributed by atoms with Crippen molar-refractivity contribution >= 4 is 18.4 Å². The minimum Gasteiger partial charge on any atom is -0.0621 e. The van der Waals surface area contributed by atoms with Crippen molar-refractivity contribution in [3.05, 3.63) is 58.7 Å². The Morgan fingerprint density at radius 1 is 0.636 bits per heavy atom. The zero-order chi connectivity index (χ0) is 15.7. The van der Waals surface area contributed by atoms with Crippen molar-refractivity contribution in [2.45, 2.75) is 59.0 Å². The lowest BCUT2D eigenvalue weighted by molar-refractivity contribution is 0.720. The highest BCUT2D eigenvalue weighted by atomic mass is 28.3. The summed E-state index contributed by atoms with van der Waals surface area (Å²) in [7, 11) is -1.57. The number of hydrogen-bond acceptors (Lipinski definition) is 0. The highest BCUT2D eigenvalue weighted by Gasteiger charge is 2.40. The van der Waals surface area contributed by atoms with Crippen molar-refractivity contribution in [2.24, 2.45) is 0 Å². The molecule has 0 spiro atoms. The second-order valence-corrected chi connectivity index (χ2v) is 11.5. The van der Waals surface area contributed by atoms with E-state index in [1.165, 1.54) is 53.6 Å². The average Bonchev–Trinajstić information content (AvgIpc) is 2.47. The molecule has 0 aromatic heterocycles. The van der Waals surface area contributed by atoms with Gasteiger partial charge in [-0.05, 0) is 39.8 Å². The maximum atomic E-state index is 2.46. The van der Waals surface area contributed by atoms with Crippen LogP contribution in [0.4, 0.5) is 0 Å². The van der Waals surface area contributed by atoms with E-state index in [9.17, 15) is 0 Å². The summed E-state index contributed by atoms with van der Waals surface area (Å²) in [5.74, 6) is 0. The second-order valence-electron chi connectivity index (χ2n) is 7.28. The van der Waals surface area contributed by atoms with E-state index < -0.39 is 8.07 Å². The molecular formula is C21H28Si. The fourth-order valence-electron chi connectivity index (χ4n) is 4.54. The largest absolute Gasteiger partial charge is 0.118 e. The van der Waals surface area contributed by atoms with E-state index in [0.29, 0.717) is 0 Å². The van der Waals surface area contributed by atoms with E-state index in [4.69, 9.17) is 0 Å². The van der Waals surface area contributed by atoms with Gasteiger partial charge in [-0.2, -0.15) is 0 Å². The van der Waals surface area contributed by atoms with E-state index in [1.807, 2.05) is 0 Å². The van der Waals surface area contributed by atoms with Gasteiger partial charge in [-0.3, -0.25) is 0 Å². The van der Waals surface area contributed by atoms with Gasteiger partial charge in [0.15, 0.2) is 0 Å². The van der Waals surface area contributed by atoms with Crippen LogP contribution < -0.4 is 10.4 Å². The van der Waals surface area contributed by atoms with E-state index >= 15 is 0 Å². The molecule has 2 aromatic carbocycles. The third-order valence-electron chi connectivity index (χ3n) is 5.50. The van der Waals surface area contributed by atoms with Crippen molar-refractivity contribution in [3.8, 4) is 0 Å². The Bertz CT molecular complexity index is 625. The molecule has 0 aliphatic carbocycles. The summed E-state index contributed by atoms with van der Waals surface area (Å²) in [6.07, 6.45) is 4.24. The first-order valence-electron chi connectivity index (χ1n) is 8.68. The molecule has 0 unspecified atom stereocenters. The lowest BCUT2D eigenvalue weighted by atomic mass is 10.1. The Morgan fingerprint density at radius 2 is 1.09 bits per heavy atom. The van der Waals surface area contributed by atoms with Gasteiger partial charge >= 0.3 is 0 Å². The summed E-state index contributed by atoms with van der Waals surface area (Å²) >= 11 is 0. The molecule has 0 nitrogen and oxygen atoms in total. The topological polar surface area (TPSA) is 0 Å². The number of rotatable bonds is 2. The molecule has 22 heavy (non-hydrogen) atoms. The first-order valence-corrected chi connectivity index (χ1v) is 11.1. The maximum Gasteiger partial charge on any atom is 0.118 e. The van der Waals surface area contributed by atoms with Gasteiger partial charge in [-0.25, -0.2) is 0 Å². The van der Waals surface area contributed by atoms with E-state index in [-0.39, 0.29) is 0 Å². The SMILES string of the molecule is Cc1ccc([Si]2(c3ccc(C)cc3C)CCCCC2)c(C)c1. The van der Waals surface area contributed by atoms with Gasteiger partial charge in [0.05, 0.1) is 0 Å². The molecule has 0 saturated carbocycles. The first-order chi connectivity index (χ1) is 10.5. The Morgan fingerprint density at radius 3 is 1.50 bits per heavy atom. The molecule has 1 saturated heterocycles. The molecule has 2 aromatic rings. The Balaban J connectivity index is 2.20. The molecule has 1 heteroatoms. The third kappa shape index (κ3) is 2.67. The minimum atomic E-state index is -1.57. The normalized spacial score (nSPS) is 17.5. The Hall–Kier alpha value is -1.34. The number of hydrogen-bond donors (Lipinski definition) is 0. The summed E-state index contributed by atoms with van der Waals surface area (Å²) in [5.41, 5.74) is 5.82. The summed E-state index contributed by atoms with van der Waals surface area (Å²) in [5, 5.41) is 3.40. The standard InChI is InChI=1S/C21H28Si/c1-16-8-10-20(18(3)14-16)22(12-6-5-7-13-22)21-11-9-17(2)15-19(21)4/h8-11,14-15H,5-7,12-13H2,1-4H3. The van der Waals surface area contributed by atoms with Crippen LogP contribution in [-0.4, -0.2) is 8.07 Å². The van der Waals surface area contributed by atoms with Crippen molar-refractivity contribution in [1.29, 1.82) is 0 Å². The van der Waals surface area contributed by atoms with Crippen molar-refractivity contribution in [2.75, 3.05) is 0 Å². The molecule has 1 aliphatic rings. The molecule has 1 fully saturated rings. The van der Waals surface area contributed by atoms with Gasteiger partial charge in [0.25, 0.3) is 0 Å². The first kappa shape index (κ1) is 15.5. The lowest BCUT2D eigenvalue weighted by Crippen LogP contribution is -2.60. The fraction of sp³-hybridized carbons (Fsp3) is 0.429. The molecule has 0 radical (unpaired) electrons. The molecule has 0 amide bonds. The zero-order valence-electron chi connectivity index (χ0n) is 14.5. The predicted molar refractivity (Wildman–Crippen MR) is 100 cm³/mol. The van der Waals surface area contributed by atoms with Gasteiger partial charge in [0.1, 0.15) is 8.07 Å². The summed E-state index contributed by atoms with van der Waals surface area (Å²) in [4.78, 5) is 0. The molecule has 3 rings (SSSR count). The van der Waals surface area contributed by atoms with Crippen molar-refractivity contribution in [3.63, 3.8) is 0 Å². The van der Waals surface area contributed by atoms with Crippen LogP contribution in [-0.2, 0) is 0 Å². The van der Waals surface area contributed by atoms with Crippen LogP contribution in [0.5, 0.6) is 0 Å². The highest BCUT2D eigenvalue weighted by molar-refractivity contribution is 7.02. The molecular weight excluding hydrogens is 280 g/mol. The smallest absolute Gasteiger partial charge is 0.0621 e. The van der Waals surface area contributed by atoms with Crippen LogP contribution in [0, 0.1) is 27.7 Å². The van der Waals surface area contributed by atoms with Crippen LogP contribution in [0.2, 0.25) is 12.1 Å². The summed E-state index contributed by atoms with van der Waals surface area (Å²) in [6.45, 7) is 9.08. The quantitative estimate of drug-likeness (QED) is 0.707. The second kappa shape index (κ2) is 6.04. The average molecular weight is 309 g/mol. The molecule has 1 heterocycles. The van der Waals surface area contributed by atoms with Gasteiger partial charge in [0.2, 0.25) is 0 Å². The van der Waals surface area contributed by atoms with Crippen LogP contribution >= 0.6 is 0 Å². The molecule has 0 bridgehead atoms. The molecule has 1 aliphatic heterocycles. The van der Waals surface area contributed by atoms with Crippen LogP contribution in [0.1, 0.15) is 41.5 Å². The van der Waals surface area contributed by atoms with Crippen molar-refractivity contribution < 1.29 is 0 Å². The highest BCUT2D eigenvalue weighted by Crippen LogP contribution is 2.30. The van der Waals surface area contributed by atoms with Crippen LogP contribution in [0.3, 0.4) is 0 Å². The van der Waals surface area contributed by atoms with Gasteiger partial charge in [-0.15, -0.1) is 0 Å². The van der Waals surface area contributed by atoms with Gasteiger partial charge in [-0.1, -0.05) is 88.3 Å². The lowest BCUT2D eigenvalue weighted by Gasteiger charge is -2.38.